The second-order valence-corrected chi connectivity index (χ2v) is 9.73. The molecule has 13 heteroatoms. The smallest absolute Gasteiger partial charge is 0.416 e. The van der Waals surface area contributed by atoms with Crippen LogP contribution in [0.15, 0.2) is 76.7 Å². The average Bonchev–Trinajstić information content (AvgIpc) is 2.91. The Kier molecular flexibility index (Phi) is 9.41. The number of hydrogen-bond donors (Lipinski definition) is 1. The first kappa shape index (κ1) is 29.3. The van der Waals surface area contributed by atoms with Gasteiger partial charge in [-0.05, 0) is 61.0 Å². The number of carbonyl (C=O) groups excluding carboxylic acids is 1. The molecule has 3 aromatic rings. The van der Waals surface area contributed by atoms with Crippen molar-refractivity contribution < 1.29 is 40.6 Å². The van der Waals surface area contributed by atoms with Crippen molar-refractivity contribution >= 4 is 27.8 Å². The summed E-state index contributed by atoms with van der Waals surface area (Å²) in [6.45, 7) is 1.51. The Morgan fingerprint density at radius 3 is 2.31 bits per heavy atom. The van der Waals surface area contributed by atoms with Crippen molar-refractivity contribution in [1.29, 1.82) is 0 Å². The number of nitrogens with zero attached hydrogens (tertiary/aromatic N) is 2. The highest BCUT2D eigenvalue weighted by molar-refractivity contribution is 7.92. The van der Waals surface area contributed by atoms with Crippen LogP contribution in [-0.2, 0) is 21.0 Å². The molecule has 3 rings (SSSR count). The Labute approximate surface area is 223 Å². The molecule has 0 aliphatic carbocycles. The summed E-state index contributed by atoms with van der Waals surface area (Å²) in [5.74, 6) is 0.141. The van der Waals surface area contributed by atoms with E-state index >= 15 is 0 Å². The first-order valence-electron chi connectivity index (χ1n) is 11.5. The summed E-state index contributed by atoms with van der Waals surface area (Å²) in [6, 6.07) is 14.4. The van der Waals surface area contributed by atoms with Crippen LogP contribution in [-0.4, -0.2) is 47.9 Å². The minimum Gasteiger partial charge on any atom is -0.494 e. The molecule has 0 fully saturated rings. The Morgan fingerprint density at radius 2 is 1.69 bits per heavy atom. The van der Waals surface area contributed by atoms with Gasteiger partial charge in [0.15, 0.2) is 11.5 Å². The molecule has 9 nitrogen and oxygen atoms in total. The number of hydrazone groups is 1. The van der Waals surface area contributed by atoms with Crippen molar-refractivity contribution in [2.75, 3.05) is 31.7 Å². The minimum absolute atomic E-state index is 0.0893. The van der Waals surface area contributed by atoms with Gasteiger partial charge in [0, 0.05) is 6.07 Å². The lowest BCUT2D eigenvalue weighted by Gasteiger charge is -2.24. The number of rotatable bonds is 11. The van der Waals surface area contributed by atoms with Crippen molar-refractivity contribution in [2.24, 2.45) is 5.10 Å². The molecule has 3 aromatic carbocycles. The van der Waals surface area contributed by atoms with Crippen molar-refractivity contribution in [3.8, 4) is 17.2 Å². The van der Waals surface area contributed by atoms with Crippen molar-refractivity contribution in [2.45, 2.75) is 18.0 Å². The summed E-state index contributed by atoms with van der Waals surface area (Å²) in [5, 5.41) is 3.68. The summed E-state index contributed by atoms with van der Waals surface area (Å²) >= 11 is 0. The third kappa shape index (κ3) is 7.41. The van der Waals surface area contributed by atoms with Gasteiger partial charge >= 0.3 is 6.18 Å². The van der Waals surface area contributed by atoms with E-state index in [1.54, 1.807) is 19.1 Å². The number of alkyl halides is 3. The maximum atomic E-state index is 13.6. The van der Waals surface area contributed by atoms with Crippen LogP contribution in [0.3, 0.4) is 0 Å². The van der Waals surface area contributed by atoms with E-state index in [2.05, 4.69) is 10.5 Å². The number of methoxy groups -OCH3 is 2. The Morgan fingerprint density at radius 1 is 1.00 bits per heavy atom. The number of anilines is 1. The van der Waals surface area contributed by atoms with Gasteiger partial charge in [-0.15, -0.1) is 0 Å². The van der Waals surface area contributed by atoms with Gasteiger partial charge in [-0.25, -0.2) is 13.8 Å². The van der Waals surface area contributed by atoms with Gasteiger partial charge in [-0.3, -0.25) is 9.10 Å². The Hall–Kier alpha value is -4.26. The summed E-state index contributed by atoms with van der Waals surface area (Å²) in [4.78, 5) is 12.6. The zero-order valence-electron chi connectivity index (χ0n) is 21.2. The number of sulfonamides is 1. The largest absolute Gasteiger partial charge is 0.494 e. The zero-order chi connectivity index (χ0) is 28.6. The normalized spacial score (nSPS) is 11.7. The van der Waals surface area contributed by atoms with Crippen LogP contribution in [0.4, 0.5) is 18.9 Å². The van der Waals surface area contributed by atoms with Crippen LogP contribution in [0.2, 0.25) is 0 Å². The number of amides is 1. The van der Waals surface area contributed by atoms with Gasteiger partial charge in [-0.1, -0.05) is 12.1 Å². The molecule has 208 valence electrons. The third-order valence-corrected chi connectivity index (χ3v) is 7.05. The zero-order valence-corrected chi connectivity index (χ0v) is 22.0. The summed E-state index contributed by atoms with van der Waals surface area (Å²) in [6.07, 6.45) is -3.51. The standard InChI is InChI=1S/C26H26F3N3O6S/c1-4-38-21-10-8-20(9-11-21)32(39(34,35)22-12-13-23(36-2)24(15-22)37-3)17-25(33)31-30-16-18-6-5-7-19(14-18)26(27,28)29/h5-16H,4,17H2,1-3H3,(H,31,33)/b30-16-. The number of benzene rings is 3. The molecule has 0 atom stereocenters. The third-order valence-electron chi connectivity index (χ3n) is 5.28. The summed E-state index contributed by atoms with van der Waals surface area (Å²) in [5.41, 5.74) is 1.53. The van der Waals surface area contributed by atoms with E-state index in [0.717, 1.165) is 22.7 Å². The number of nitrogens with one attached hydrogen (secondary N) is 1. The minimum atomic E-state index is -4.54. The molecule has 1 amide bonds. The van der Waals surface area contributed by atoms with Crippen LogP contribution in [0.1, 0.15) is 18.1 Å². The fourth-order valence-corrected chi connectivity index (χ4v) is 4.87. The number of ether oxygens (including phenoxy) is 3. The quantitative estimate of drug-likeness (QED) is 0.272. The van der Waals surface area contributed by atoms with Crippen LogP contribution in [0.25, 0.3) is 0 Å². The van der Waals surface area contributed by atoms with Gasteiger partial charge in [-0.2, -0.15) is 18.3 Å². The van der Waals surface area contributed by atoms with Crippen LogP contribution < -0.4 is 23.9 Å². The molecule has 0 saturated heterocycles. The highest BCUT2D eigenvalue weighted by Crippen LogP contribution is 2.33. The molecular weight excluding hydrogens is 539 g/mol. The predicted octanol–water partition coefficient (Wildman–Crippen LogP) is 4.47. The van der Waals surface area contributed by atoms with Crippen LogP contribution >= 0.6 is 0 Å². The molecule has 1 N–H and O–H groups in total. The maximum Gasteiger partial charge on any atom is 0.416 e. The molecular formula is C26H26F3N3O6S. The van der Waals surface area contributed by atoms with Crippen LogP contribution in [0, 0.1) is 0 Å². The Balaban J connectivity index is 1.89. The van der Waals surface area contributed by atoms with Gasteiger partial charge in [0.25, 0.3) is 15.9 Å². The molecule has 39 heavy (non-hydrogen) atoms. The summed E-state index contributed by atoms with van der Waals surface area (Å²) in [7, 11) is -1.55. The molecule has 0 spiro atoms. The van der Waals surface area contributed by atoms with E-state index in [1.807, 2.05) is 0 Å². The fraction of sp³-hybridized carbons (Fsp3) is 0.231. The summed E-state index contributed by atoms with van der Waals surface area (Å²) < 4.78 is 82.7. The molecule has 0 unspecified atom stereocenters. The van der Waals surface area contributed by atoms with E-state index < -0.39 is 34.2 Å². The molecule has 0 heterocycles. The monoisotopic (exact) mass is 565 g/mol. The molecule has 0 radical (unpaired) electrons. The first-order chi connectivity index (χ1) is 18.5. The van der Waals surface area contributed by atoms with Gasteiger partial charge < -0.3 is 14.2 Å². The van der Waals surface area contributed by atoms with E-state index in [9.17, 15) is 26.4 Å². The van der Waals surface area contributed by atoms with Gasteiger partial charge in [0.1, 0.15) is 12.3 Å². The van der Waals surface area contributed by atoms with Crippen molar-refractivity contribution in [3.05, 3.63) is 77.9 Å². The van der Waals surface area contributed by atoms with Crippen molar-refractivity contribution in [3.63, 3.8) is 0 Å². The lowest BCUT2D eigenvalue weighted by Crippen LogP contribution is -2.39. The van der Waals surface area contributed by atoms with Crippen molar-refractivity contribution in [1.82, 2.24) is 5.43 Å². The maximum absolute atomic E-state index is 13.6. The van der Waals surface area contributed by atoms with Gasteiger partial charge in [0.2, 0.25) is 0 Å². The van der Waals surface area contributed by atoms with Gasteiger partial charge in [0.05, 0.1) is 43.2 Å². The highest BCUT2D eigenvalue weighted by atomic mass is 32.2. The molecule has 0 aliphatic rings. The lowest BCUT2D eigenvalue weighted by atomic mass is 10.1. The van der Waals surface area contributed by atoms with E-state index in [1.165, 1.54) is 56.7 Å². The topological polar surface area (TPSA) is 107 Å². The highest BCUT2D eigenvalue weighted by Gasteiger charge is 2.30. The number of hydrogen-bond acceptors (Lipinski definition) is 7. The van der Waals surface area contributed by atoms with E-state index in [-0.39, 0.29) is 21.9 Å². The molecule has 0 saturated carbocycles. The lowest BCUT2D eigenvalue weighted by molar-refractivity contribution is -0.137. The Bertz CT molecular complexity index is 1430. The predicted molar refractivity (Wildman–Crippen MR) is 139 cm³/mol. The van der Waals surface area contributed by atoms with E-state index in [0.29, 0.717) is 18.1 Å². The molecule has 0 aliphatic heterocycles. The molecule has 0 bridgehead atoms. The average molecular weight is 566 g/mol. The fourth-order valence-electron chi connectivity index (χ4n) is 3.43. The second-order valence-electron chi connectivity index (χ2n) is 7.87. The second kappa shape index (κ2) is 12.5. The number of halogens is 3. The SMILES string of the molecule is CCOc1ccc(N(CC(=O)N/N=C\c2cccc(C(F)(F)F)c2)S(=O)(=O)c2ccc(OC)c(OC)c2)cc1. The first-order valence-corrected chi connectivity index (χ1v) is 12.9. The van der Waals surface area contributed by atoms with E-state index in [4.69, 9.17) is 14.2 Å². The van der Waals surface area contributed by atoms with Crippen LogP contribution in [0.5, 0.6) is 17.2 Å². The molecule has 0 aromatic heterocycles. The number of carbonyl (C=O) groups is 1.